The first kappa shape index (κ1) is 14.5. The molecule has 1 unspecified atom stereocenters. The van der Waals surface area contributed by atoms with Gasteiger partial charge in [-0.2, -0.15) is 0 Å². The Bertz CT molecular complexity index is 593. The molecule has 0 fully saturated rings. The molecule has 0 aliphatic rings. The molecular weight excluding hydrogens is 291 g/mol. The Morgan fingerprint density at radius 1 is 1.30 bits per heavy atom. The van der Waals surface area contributed by atoms with Crippen molar-refractivity contribution in [3.05, 3.63) is 57.5 Å². The molecule has 2 aromatic rings. The van der Waals surface area contributed by atoms with Crippen LogP contribution in [0, 0.1) is 17.5 Å². The predicted octanol–water partition coefficient (Wildman–Crippen LogP) is 2.63. The van der Waals surface area contributed by atoms with E-state index >= 15 is 0 Å². The summed E-state index contributed by atoms with van der Waals surface area (Å²) < 4.78 is 38.7. The van der Waals surface area contributed by atoms with E-state index in [0.717, 1.165) is 0 Å². The van der Waals surface area contributed by atoms with Crippen molar-refractivity contribution in [3.63, 3.8) is 0 Å². The topological polar surface area (TPSA) is 49.3 Å². The van der Waals surface area contributed by atoms with Crippen molar-refractivity contribution in [2.45, 2.75) is 6.10 Å². The molecule has 106 valence electrons. The number of benzene rings is 1. The Morgan fingerprint density at radius 2 is 1.95 bits per heavy atom. The summed E-state index contributed by atoms with van der Waals surface area (Å²) in [6.07, 6.45) is -0.908. The summed E-state index contributed by atoms with van der Waals surface area (Å²) in [5.41, 5.74) is -0.347. The molecule has 3 nitrogen and oxygen atoms in total. The number of carbonyl (C=O) groups excluding carboxylic acids is 1. The summed E-state index contributed by atoms with van der Waals surface area (Å²) in [5.74, 6) is -5.29. The van der Waals surface area contributed by atoms with Crippen LogP contribution in [-0.4, -0.2) is 17.6 Å². The molecule has 0 saturated carbocycles. The largest absolute Gasteiger partial charge is 0.386 e. The fourth-order valence-electron chi connectivity index (χ4n) is 1.56. The first-order valence-corrected chi connectivity index (χ1v) is 6.51. The van der Waals surface area contributed by atoms with Gasteiger partial charge in [0, 0.05) is 17.0 Å². The van der Waals surface area contributed by atoms with Crippen molar-refractivity contribution in [1.82, 2.24) is 5.32 Å². The molecule has 0 aliphatic carbocycles. The molecule has 1 amide bonds. The molecule has 0 saturated heterocycles. The van der Waals surface area contributed by atoms with E-state index in [2.05, 4.69) is 5.32 Å². The molecule has 1 heterocycles. The van der Waals surface area contributed by atoms with Gasteiger partial charge in [-0.1, -0.05) is 6.07 Å². The van der Waals surface area contributed by atoms with Crippen LogP contribution < -0.4 is 5.32 Å². The summed E-state index contributed by atoms with van der Waals surface area (Å²) >= 11 is 1.31. The van der Waals surface area contributed by atoms with Gasteiger partial charge in [-0.3, -0.25) is 4.79 Å². The lowest BCUT2D eigenvalue weighted by Gasteiger charge is -2.10. The average molecular weight is 301 g/mol. The molecule has 0 bridgehead atoms. The van der Waals surface area contributed by atoms with E-state index in [1.54, 1.807) is 17.5 Å². The standard InChI is InChI=1S/C13H10F3NO2S/c14-8-4-7(5-9(15)12(8)16)13(19)17-6-10(18)11-2-1-3-20-11/h1-5,10,18H,6H2,(H,17,19). The molecule has 0 spiro atoms. The predicted molar refractivity (Wildman–Crippen MR) is 67.9 cm³/mol. The number of hydrogen-bond acceptors (Lipinski definition) is 3. The maximum atomic E-state index is 13.0. The minimum Gasteiger partial charge on any atom is -0.386 e. The molecule has 20 heavy (non-hydrogen) atoms. The van der Waals surface area contributed by atoms with Crippen molar-refractivity contribution in [1.29, 1.82) is 0 Å². The van der Waals surface area contributed by atoms with Crippen LogP contribution in [-0.2, 0) is 0 Å². The highest BCUT2D eigenvalue weighted by Crippen LogP contribution is 2.18. The van der Waals surface area contributed by atoms with Gasteiger partial charge < -0.3 is 10.4 Å². The Hall–Kier alpha value is -1.86. The van der Waals surface area contributed by atoms with Gasteiger partial charge in [0.15, 0.2) is 17.5 Å². The third-order valence-electron chi connectivity index (χ3n) is 2.57. The highest BCUT2D eigenvalue weighted by atomic mass is 32.1. The van der Waals surface area contributed by atoms with Crippen molar-refractivity contribution >= 4 is 17.2 Å². The van der Waals surface area contributed by atoms with Gasteiger partial charge >= 0.3 is 0 Å². The van der Waals surface area contributed by atoms with Crippen LogP contribution >= 0.6 is 11.3 Å². The van der Waals surface area contributed by atoms with Crippen LogP contribution in [0.5, 0.6) is 0 Å². The van der Waals surface area contributed by atoms with Gasteiger partial charge in [0.2, 0.25) is 0 Å². The lowest BCUT2D eigenvalue weighted by molar-refractivity contribution is 0.0917. The van der Waals surface area contributed by atoms with E-state index < -0.39 is 29.5 Å². The van der Waals surface area contributed by atoms with Crippen LogP contribution in [0.25, 0.3) is 0 Å². The zero-order valence-electron chi connectivity index (χ0n) is 10.1. The smallest absolute Gasteiger partial charge is 0.251 e. The molecule has 1 atom stereocenters. The van der Waals surface area contributed by atoms with Gasteiger partial charge in [0.25, 0.3) is 5.91 Å². The van der Waals surface area contributed by atoms with E-state index in [1.807, 2.05) is 0 Å². The second kappa shape index (κ2) is 6.06. The van der Waals surface area contributed by atoms with Crippen molar-refractivity contribution < 1.29 is 23.1 Å². The number of carbonyl (C=O) groups is 1. The van der Waals surface area contributed by atoms with Crippen LogP contribution in [0.2, 0.25) is 0 Å². The van der Waals surface area contributed by atoms with Crippen LogP contribution in [0.3, 0.4) is 0 Å². The summed E-state index contributed by atoms with van der Waals surface area (Å²) in [5, 5.41) is 13.8. The quantitative estimate of drug-likeness (QED) is 0.853. The molecule has 0 radical (unpaired) electrons. The minimum atomic E-state index is -1.62. The minimum absolute atomic E-state index is 0.111. The number of thiophene rings is 1. The van der Waals surface area contributed by atoms with Crippen molar-refractivity contribution in [2.24, 2.45) is 0 Å². The lowest BCUT2D eigenvalue weighted by Crippen LogP contribution is -2.28. The number of hydrogen-bond donors (Lipinski definition) is 2. The van der Waals surface area contributed by atoms with E-state index in [1.165, 1.54) is 11.3 Å². The van der Waals surface area contributed by atoms with Gasteiger partial charge in [0.1, 0.15) is 6.10 Å². The fraction of sp³-hybridized carbons (Fsp3) is 0.154. The highest BCUT2D eigenvalue weighted by molar-refractivity contribution is 7.10. The molecule has 7 heteroatoms. The number of nitrogens with one attached hydrogen (secondary N) is 1. The van der Waals surface area contributed by atoms with Gasteiger partial charge in [-0.05, 0) is 23.6 Å². The second-order valence-corrected chi connectivity index (χ2v) is 4.97. The normalized spacial score (nSPS) is 12.2. The summed E-state index contributed by atoms with van der Waals surface area (Å²) in [7, 11) is 0. The number of aliphatic hydroxyl groups excluding tert-OH is 1. The van der Waals surface area contributed by atoms with Crippen molar-refractivity contribution in [3.8, 4) is 0 Å². The van der Waals surface area contributed by atoms with Crippen LogP contribution in [0.1, 0.15) is 21.3 Å². The molecule has 1 aromatic heterocycles. The molecule has 1 aromatic carbocycles. The Labute approximate surface area is 116 Å². The van der Waals surface area contributed by atoms with E-state index in [9.17, 15) is 23.1 Å². The third kappa shape index (κ3) is 3.17. The summed E-state index contributed by atoms with van der Waals surface area (Å²) in [6, 6.07) is 4.64. The van der Waals surface area contributed by atoms with Gasteiger partial charge in [-0.15, -0.1) is 11.3 Å². The summed E-state index contributed by atoms with van der Waals surface area (Å²) in [4.78, 5) is 12.3. The maximum Gasteiger partial charge on any atom is 0.251 e. The molecule has 2 rings (SSSR count). The molecule has 0 aliphatic heterocycles. The van der Waals surface area contributed by atoms with Crippen molar-refractivity contribution in [2.75, 3.05) is 6.54 Å². The zero-order valence-corrected chi connectivity index (χ0v) is 10.9. The number of aliphatic hydroxyl groups is 1. The Kier molecular flexibility index (Phi) is 4.41. The zero-order chi connectivity index (χ0) is 14.7. The Morgan fingerprint density at radius 3 is 2.50 bits per heavy atom. The summed E-state index contributed by atoms with van der Waals surface area (Å²) in [6.45, 7) is -0.111. The third-order valence-corrected chi connectivity index (χ3v) is 3.55. The van der Waals surface area contributed by atoms with Crippen LogP contribution in [0.15, 0.2) is 29.6 Å². The molecular formula is C13H10F3NO2S. The van der Waals surface area contributed by atoms with E-state index in [4.69, 9.17) is 0 Å². The first-order chi connectivity index (χ1) is 9.49. The number of halogens is 3. The molecule has 2 N–H and O–H groups in total. The Balaban J connectivity index is 2.02. The SMILES string of the molecule is O=C(NCC(O)c1cccs1)c1cc(F)c(F)c(F)c1. The lowest BCUT2D eigenvalue weighted by atomic mass is 10.2. The fourth-order valence-corrected chi connectivity index (χ4v) is 2.27. The maximum absolute atomic E-state index is 13.0. The monoisotopic (exact) mass is 301 g/mol. The van der Waals surface area contributed by atoms with Gasteiger partial charge in [0.05, 0.1) is 0 Å². The van der Waals surface area contributed by atoms with Gasteiger partial charge in [-0.25, -0.2) is 13.2 Å². The average Bonchev–Trinajstić information content (AvgIpc) is 2.95. The number of rotatable bonds is 4. The van der Waals surface area contributed by atoms with E-state index in [0.29, 0.717) is 17.0 Å². The van der Waals surface area contributed by atoms with Crippen LogP contribution in [0.4, 0.5) is 13.2 Å². The second-order valence-electron chi connectivity index (χ2n) is 4.00. The van der Waals surface area contributed by atoms with E-state index in [-0.39, 0.29) is 12.1 Å². The highest BCUT2D eigenvalue weighted by Gasteiger charge is 2.16. The first-order valence-electron chi connectivity index (χ1n) is 5.63. The number of amides is 1.